The zero-order valence-electron chi connectivity index (χ0n) is 10.6. The molecular weight excluding hydrogens is 240 g/mol. The SMILES string of the molecule is CCCCCCOc1nc(Cl)nc(N(C)C)n1. The van der Waals surface area contributed by atoms with Crippen LogP contribution in [0.2, 0.25) is 5.28 Å². The van der Waals surface area contributed by atoms with Gasteiger partial charge in [-0.3, -0.25) is 0 Å². The van der Waals surface area contributed by atoms with Gasteiger partial charge < -0.3 is 9.64 Å². The lowest BCUT2D eigenvalue weighted by atomic mass is 10.2. The minimum Gasteiger partial charge on any atom is -0.463 e. The summed E-state index contributed by atoms with van der Waals surface area (Å²) < 4.78 is 5.45. The molecule has 0 aliphatic carbocycles. The molecule has 17 heavy (non-hydrogen) atoms. The first kappa shape index (κ1) is 14.0. The maximum absolute atomic E-state index is 5.79. The fourth-order valence-corrected chi connectivity index (χ4v) is 1.43. The van der Waals surface area contributed by atoms with Crippen molar-refractivity contribution in [2.75, 3.05) is 25.6 Å². The highest BCUT2D eigenvalue weighted by atomic mass is 35.5. The van der Waals surface area contributed by atoms with Crippen LogP contribution in [0.15, 0.2) is 0 Å². The van der Waals surface area contributed by atoms with Gasteiger partial charge in [0.25, 0.3) is 0 Å². The molecule has 0 radical (unpaired) electrons. The van der Waals surface area contributed by atoms with E-state index >= 15 is 0 Å². The van der Waals surface area contributed by atoms with Gasteiger partial charge in [-0.05, 0) is 18.0 Å². The number of hydrogen-bond acceptors (Lipinski definition) is 5. The molecule has 0 aliphatic rings. The van der Waals surface area contributed by atoms with Crippen molar-refractivity contribution < 1.29 is 4.74 Å². The predicted molar refractivity (Wildman–Crippen MR) is 68.8 cm³/mol. The maximum atomic E-state index is 5.79. The van der Waals surface area contributed by atoms with Crippen molar-refractivity contribution in [3.63, 3.8) is 0 Å². The molecule has 0 atom stereocenters. The van der Waals surface area contributed by atoms with Crippen LogP contribution >= 0.6 is 11.6 Å². The summed E-state index contributed by atoms with van der Waals surface area (Å²) in [6, 6.07) is 0.296. The number of halogens is 1. The maximum Gasteiger partial charge on any atom is 0.322 e. The highest BCUT2D eigenvalue weighted by Crippen LogP contribution is 2.13. The minimum absolute atomic E-state index is 0.159. The average molecular weight is 259 g/mol. The Hall–Kier alpha value is -1.10. The molecule has 6 heteroatoms. The first-order valence-corrected chi connectivity index (χ1v) is 6.23. The number of ether oxygens (including phenoxy) is 1. The Morgan fingerprint density at radius 2 is 1.88 bits per heavy atom. The van der Waals surface area contributed by atoms with Gasteiger partial charge in [0, 0.05) is 14.1 Å². The number of aromatic nitrogens is 3. The van der Waals surface area contributed by atoms with Crippen LogP contribution in [0.4, 0.5) is 5.95 Å². The summed E-state index contributed by atoms with van der Waals surface area (Å²) in [5, 5.41) is 0.159. The standard InChI is InChI=1S/C11H19ClN4O/c1-4-5-6-7-8-17-11-14-9(12)13-10(15-11)16(2)3/h4-8H2,1-3H3. The molecule has 0 N–H and O–H groups in total. The van der Waals surface area contributed by atoms with Crippen molar-refractivity contribution in [3.05, 3.63) is 5.28 Å². The first-order valence-electron chi connectivity index (χ1n) is 5.85. The van der Waals surface area contributed by atoms with E-state index in [1.165, 1.54) is 12.8 Å². The minimum atomic E-state index is 0.159. The Morgan fingerprint density at radius 3 is 2.53 bits per heavy atom. The van der Waals surface area contributed by atoms with Crippen LogP contribution in [-0.2, 0) is 0 Å². The third-order valence-corrected chi connectivity index (χ3v) is 2.37. The Morgan fingerprint density at radius 1 is 1.12 bits per heavy atom. The van der Waals surface area contributed by atoms with Crippen LogP contribution < -0.4 is 9.64 Å². The van der Waals surface area contributed by atoms with Gasteiger partial charge in [-0.1, -0.05) is 26.2 Å². The van der Waals surface area contributed by atoms with Gasteiger partial charge in [-0.15, -0.1) is 0 Å². The molecule has 0 spiro atoms. The van der Waals surface area contributed by atoms with Gasteiger partial charge >= 0.3 is 6.01 Å². The van der Waals surface area contributed by atoms with Gasteiger partial charge in [-0.2, -0.15) is 15.0 Å². The van der Waals surface area contributed by atoms with Crippen molar-refractivity contribution >= 4 is 17.5 Å². The Bertz CT molecular complexity index is 346. The normalized spacial score (nSPS) is 10.4. The Labute approximate surface area is 107 Å². The second-order valence-electron chi connectivity index (χ2n) is 3.99. The number of unbranched alkanes of at least 4 members (excludes halogenated alkanes) is 3. The van der Waals surface area contributed by atoms with Crippen LogP contribution in [0, 0.1) is 0 Å². The summed E-state index contributed by atoms with van der Waals surface area (Å²) in [6.45, 7) is 2.79. The first-order chi connectivity index (χ1) is 8.13. The summed E-state index contributed by atoms with van der Waals surface area (Å²) in [7, 11) is 3.69. The van der Waals surface area contributed by atoms with E-state index in [1.807, 2.05) is 14.1 Å². The van der Waals surface area contributed by atoms with Crippen LogP contribution in [0.5, 0.6) is 6.01 Å². The molecule has 0 bridgehead atoms. The van der Waals surface area contributed by atoms with Crippen LogP contribution in [0.1, 0.15) is 32.6 Å². The third-order valence-electron chi connectivity index (χ3n) is 2.20. The van der Waals surface area contributed by atoms with E-state index in [0.29, 0.717) is 18.6 Å². The number of anilines is 1. The molecule has 96 valence electrons. The smallest absolute Gasteiger partial charge is 0.322 e. The lowest BCUT2D eigenvalue weighted by Gasteiger charge is -2.11. The molecular formula is C11H19ClN4O. The molecule has 5 nitrogen and oxygen atoms in total. The predicted octanol–water partition coefficient (Wildman–Crippen LogP) is 2.55. The average Bonchev–Trinajstić information content (AvgIpc) is 2.28. The molecule has 1 rings (SSSR count). The molecule has 0 fully saturated rings. The fourth-order valence-electron chi connectivity index (χ4n) is 1.28. The third kappa shape index (κ3) is 5.17. The highest BCUT2D eigenvalue weighted by Gasteiger charge is 2.07. The van der Waals surface area contributed by atoms with Crippen molar-refractivity contribution in [2.24, 2.45) is 0 Å². The zero-order chi connectivity index (χ0) is 12.7. The summed E-state index contributed by atoms with van der Waals surface area (Å²) in [5.41, 5.74) is 0. The van der Waals surface area contributed by atoms with Crippen molar-refractivity contribution in [1.82, 2.24) is 15.0 Å². The van der Waals surface area contributed by atoms with Gasteiger partial charge in [0.15, 0.2) is 0 Å². The van der Waals surface area contributed by atoms with E-state index in [1.54, 1.807) is 4.90 Å². The van der Waals surface area contributed by atoms with Gasteiger partial charge in [0.1, 0.15) is 0 Å². The topological polar surface area (TPSA) is 51.1 Å². The van der Waals surface area contributed by atoms with Gasteiger partial charge in [0.2, 0.25) is 11.2 Å². The lowest BCUT2D eigenvalue weighted by molar-refractivity contribution is 0.281. The van der Waals surface area contributed by atoms with E-state index in [2.05, 4.69) is 21.9 Å². The summed E-state index contributed by atoms with van der Waals surface area (Å²) in [5.74, 6) is 0.508. The monoisotopic (exact) mass is 258 g/mol. The summed E-state index contributed by atoms with van der Waals surface area (Å²) in [4.78, 5) is 13.8. The molecule has 1 aromatic rings. The van der Waals surface area contributed by atoms with E-state index in [-0.39, 0.29) is 5.28 Å². The van der Waals surface area contributed by atoms with Crippen molar-refractivity contribution in [2.45, 2.75) is 32.6 Å². The van der Waals surface area contributed by atoms with Gasteiger partial charge in [0.05, 0.1) is 6.61 Å². The molecule has 1 aromatic heterocycles. The van der Waals surface area contributed by atoms with E-state index in [9.17, 15) is 0 Å². The van der Waals surface area contributed by atoms with E-state index in [0.717, 1.165) is 12.8 Å². The van der Waals surface area contributed by atoms with Gasteiger partial charge in [-0.25, -0.2) is 0 Å². The molecule has 0 saturated carbocycles. The van der Waals surface area contributed by atoms with Crippen LogP contribution in [-0.4, -0.2) is 35.7 Å². The van der Waals surface area contributed by atoms with Crippen LogP contribution in [0.25, 0.3) is 0 Å². The number of nitrogens with zero attached hydrogens (tertiary/aromatic N) is 4. The molecule has 0 saturated heterocycles. The number of hydrogen-bond donors (Lipinski definition) is 0. The second-order valence-corrected chi connectivity index (χ2v) is 4.33. The largest absolute Gasteiger partial charge is 0.463 e. The number of rotatable bonds is 7. The highest BCUT2D eigenvalue weighted by molar-refractivity contribution is 6.28. The van der Waals surface area contributed by atoms with E-state index < -0.39 is 0 Å². The molecule has 1 heterocycles. The second kappa shape index (κ2) is 7.27. The molecule has 0 amide bonds. The fraction of sp³-hybridized carbons (Fsp3) is 0.727. The summed E-state index contributed by atoms with van der Waals surface area (Å²) >= 11 is 5.79. The molecule has 0 aromatic carbocycles. The summed E-state index contributed by atoms with van der Waals surface area (Å²) in [6.07, 6.45) is 4.61. The molecule has 0 unspecified atom stereocenters. The Balaban J connectivity index is 2.47. The lowest BCUT2D eigenvalue weighted by Crippen LogP contribution is -2.14. The quantitative estimate of drug-likeness (QED) is 0.704. The Kier molecular flexibility index (Phi) is 5.97. The molecule has 0 aliphatic heterocycles. The van der Waals surface area contributed by atoms with Crippen molar-refractivity contribution in [3.8, 4) is 6.01 Å². The van der Waals surface area contributed by atoms with Crippen LogP contribution in [0.3, 0.4) is 0 Å². The zero-order valence-corrected chi connectivity index (χ0v) is 11.4. The van der Waals surface area contributed by atoms with E-state index in [4.69, 9.17) is 16.3 Å². The van der Waals surface area contributed by atoms with Crippen molar-refractivity contribution in [1.29, 1.82) is 0 Å².